The molecule has 0 fully saturated rings. The molecule has 156 valence electrons. The number of sulfonamides is 1. The van der Waals surface area contributed by atoms with E-state index in [1.807, 2.05) is 6.92 Å². The molecule has 3 aromatic carbocycles. The first-order chi connectivity index (χ1) is 14.0. The van der Waals surface area contributed by atoms with Gasteiger partial charge >= 0.3 is 6.18 Å². The molecule has 3 rings (SSSR count). The van der Waals surface area contributed by atoms with Gasteiger partial charge in [-0.3, -0.25) is 9.52 Å². The summed E-state index contributed by atoms with van der Waals surface area (Å²) in [5, 5.41) is 2.39. The second-order valence-electron chi connectivity index (χ2n) is 6.53. The van der Waals surface area contributed by atoms with Crippen LogP contribution in [0, 0.1) is 6.92 Å². The maximum Gasteiger partial charge on any atom is 0.416 e. The molecule has 0 heterocycles. The van der Waals surface area contributed by atoms with Crippen LogP contribution < -0.4 is 10.0 Å². The fraction of sp³-hybridized carbons (Fsp3) is 0.0952. The third-order valence-corrected chi connectivity index (χ3v) is 5.58. The minimum Gasteiger partial charge on any atom is -0.322 e. The van der Waals surface area contributed by atoms with Gasteiger partial charge in [0, 0.05) is 16.9 Å². The van der Waals surface area contributed by atoms with Gasteiger partial charge in [0.2, 0.25) is 0 Å². The molecule has 9 heteroatoms. The van der Waals surface area contributed by atoms with E-state index >= 15 is 0 Å². The van der Waals surface area contributed by atoms with E-state index in [2.05, 4.69) is 10.0 Å². The summed E-state index contributed by atoms with van der Waals surface area (Å²) in [5.41, 5.74) is 0.446. The number of benzene rings is 3. The number of nitrogens with one attached hydrogen (secondary N) is 2. The molecule has 0 aromatic heterocycles. The summed E-state index contributed by atoms with van der Waals surface area (Å²) in [5.74, 6) is -0.623. The molecular weight excluding hydrogens is 417 g/mol. The third-order valence-electron chi connectivity index (χ3n) is 4.18. The molecular formula is C21H17F3N2O3S. The van der Waals surface area contributed by atoms with Crippen LogP contribution in [-0.4, -0.2) is 14.3 Å². The summed E-state index contributed by atoms with van der Waals surface area (Å²) in [7, 11) is -3.79. The van der Waals surface area contributed by atoms with Crippen LogP contribution in [0.25, 0.3) is 0 Å². The summed E-state index contributed by atoms with van der Waals surface area (Å²) < 4.78 is 65.6. The zero-order valence-corrected chi connectivity index (χ0v) is 16.5. The number of carbonyl (C=O) groups excluding carboxylic acids is 1. The van der Waals surface area contributed by atoms with E-state index in [0.717, 1.165) is 17.7 Å². The summed E-state index contributed by atoms with van der Waals surface area (Å²) in [6.45, 7) is 1.84. The van der Waals surface area contributed by atoms with Crippen molar-refractivity contribution in [2.45, 2.75) is 18.0 Å². The Morgan fingerprint density at radius 3 is 2.10 bits per heavy atom. The van der Waals surface area contributed by atoms with Crippen LogP contribution in [0.5, 0.6) is 0 Å². The molecule has 0 aliphatic carbocycles. The van der Waals surface area contributed by atoms with Crippen molar-refractivity contribution >= 4 is 27.3 Å². The van der Waals surface area contributed by atoms with E-state index in [-0.39, 0.29) is 21.8 Å². The van der Waals surface area contributed by atoms with E-state index < -0.39 is 27.7 Å². The number of amides is 1. The first-order valence-electron chi connectivity index (χ1n) is 8.73. The summed E-state index contributed by atoms with van der Waals surface area (Å²) in [6.07, 6.45) is -4.52. The predicted octanol–water partition coefficient (Wildman–Crippen LogP) is 5.07. The number of halogens is 3. The summed E-state index contributed by atoms with van der Waals surface area (Å²) in [6, 6.07) is 16.1. The molecule has 0 aliphatic heterocycles. The summed E-state index contributed by atoms with van der Waals surface area (Å²) in [4.78, 5) is 12.4. The molecule has 30 heavy (non-hydrogen) atoms. The van der Waals surface area contributed by atoms with Gasteiger partial charge in [0.05, 0.1) is 10.5 Å². The average molecular weight is 434 g/mol. The monoisotopic (exact) mass is 434 g/mol. The molecule has 0 unspecified atom stereocenters. The lowest BCUT2D eigenvalue weighted by atomic mass is 10.1. The number of alkyl halides is 3. The lowest BCUT2D eigenvalue weighted by Crippen LogP contribution is -2.14. The molecule has 0 aliphatic rings. The highest BCUT2D eigenvalue weighted by Gasteiger charge is 2.30. The Morgan fingerprint density at radius 1 is 0.867 bits per heavy atom. The fourth-order valence-electron chi connectivity index (χ4n) is 2.60. The molecule has 3 aromatic rings. The van der Waals surface area contributed by atoms with Gasteiger partial charge in [-0.1, -0.05) is 23.8 Å². The van der Waals surface area contributed by atoms with Gasteiger partial charge in [0.1, 0.15) is 0 Å². The Hall–Kier alpha value is -3.33. The Bertz CT molecular complexity index is 1160. The van der Waals surface area contributed by atoms with Gasteiger partial charge in [-0.15, -0.1) is 0 Å². The van der Waals surface area contributed by atoms with Gasteiger partial charge in [-0.25, -0.2) is 8.42 Å². The van der Waals surface area contributed by atoms with Crippen molar-refractivity contribution in [2.24, 2.45) is 0 Å². The van der Waals surface area contributed by atoms with Crippen molar-refractivity contribution in [1.82, 2.24) is 0 Å². The van der Waals surface area contributed by atoms with Crippen LogP contribution in [-0.2, 0) is 16.2 Å². The normalized spacial score (nSPS) is 11.7. The maximum absolute atomic E-state index is 12.8. The summed E-state index contributed by atoms with van der Waals surface area (Å²) >= 11 is 0. The Labute approximate surface area is 171 Å². The highest BCUT2D eigenvalue weighted by molar-refractivity contribution is 7.92. The van der Waals surface area contributed by atoms with E-state index in [1.54, 1.807) is 12.1 Å². The highest BCUT2D eigenvalue weighted by atomic mass is 32.2. The number of carbonyl (C=O) groups is 1. The number of anilines is 2. The Balaban J connectivity index is 1.71. The molecule has 5 nitrogen and oxygen atoms in total. The first-order valence-corrected chi connectivity index (χ1v) is 10.2. The minimum atomic E-state index is -4.52. The Kier molecular flexibility index (Phi) is 5.84. The van der Waals surface area contributed by atoms with Crippen LogP contribution in [0.4, 0.5) is 24.5 Å². The molecule has 0 spiro atoms. The van der Waals surface area contributed by atoms with Crippen LogP contribution in [0.3, 0.4) is 0 Å². The average Bonchev–Trinajstić information content (AvgIpc) is 2.68. The molecule has 0 saturated carbocycles. The maximum atomic E-state index is 12.8. The SMILES string of the molecule is Cc1ccc(S(=O)(=O)Nc2ccc(C(=O)Nc3cccc(C(F)(F)F)c3)cc2)cc1. The number of rotatable bonds is 5. The van der Waals surface area contributed by atoms with Crippen molar-refractivity contribution in [3.8, 4) is 0 Å². The third kappa shape index (κ3) is 5.18. The van der Waals surface area contributed by atoms with Crippen LogP contribution in [0.15, 0.2) is 77.7 Å². The smallest absolute Gasteiger partial charge is 0.322 e. The Morgan fingerprint density at radius 2 is 1.50 bits per heavy atom. The van der Waals surface area contributed by atoms with Gasteiger partial charge in [-0.05, 0) is 61.5 Å². The van der Waals surface area contributed by atoms with Crippen LogP contribution in [0.1, 0.15) is 21.5 Å². The second kappa shape index (κ2) is 8.19. The van der Waals surface area contributed by atoms with Gasteiger partial charge in [-0.2, -0.15) is 13.2 Å². The second-order valence-corrected chi connectivity index (χ2v) is 8.21. The van der Waals surface area contributed by atoms with Crippen molar-refractivity contribution in [2.75, 3.05) is 10.0 Å². The standard InChI is InChI=1S/C21H17F3N2O3S/c1-14-5-11-19(12-6-14)30(28,29)26-17-9-7-15(8-10-17)20(27)25-18-4-2-3-16(13-18)21(22,23)24/h2-13,26H,1H3,(H,25,27). The fourth-order valence-corrected chi connectivity index (χ4v) is 3.66. The first kappa shape index (κ1) is 21.4. The molecule has 0 radical (unpaired) electrons. The molecule has 0 saturated heterocycles. The molecule has 1 amide bonds. The van der Waals surface area contributed by atoms with Crippen molar-refractivity contribution in [3.63, 3.8) is 0 Å². The number of hydrogen-bond donors (Lipinski definition) is 2. The van der Waals surface area contributed by atoms with E-state index in [9.17, 15) is 26.4 Å². The van der Waals surface area contributed by atoms with E-state index in [1.165, 1.54) is 48.5 Å². The molecule has 0 bridgehead atoms. The minimum absolute atomic E-state index is 0.000949. The number of aryl methyl sites for hydroxylation is 1. The molecule has 0 atom stereocenters. The topological polar surface area (TPSA) is 75.3 Å². The predicted molar refractivity (Wildman–Crippen MR) is 108 cm³/mol. The highest BCUT2D eigenvalue weighted by Crippen LogP contribution is 2.30. The largest absolute Gasteiger partial charge is 0.416 e. The van der Waals surface area contributed by atoms with Gasteiger partial charge < -0.3 is 5.32 Å². The zero-order valence-electron chi connectivity index (χ0n) is 15.7. The number of hydrogen-bond acceptors (Lipinski definition) is 3. The molecule has 2 N–H and O–H groups in total. The van der Waals surface area contributed by atoms with Crippen molar-refractivity contribution in [3.05, 3.63) is 89.5 Å². The van der Waals surface area contributed by atoms with Crippen molar-refractivity contribution in [1.29, 1.82) is 0 Å². The quantitative estimate of drug-likeness (QED) is 0.589. The van der Waals surface area contributed by atoms with Crippen molar-refractivity contribution < 1.29 is 26.4 Å². The lowest BCUT2D eigenvalue weighted by molar-refractivity contribution is -0.137. The van der Waals surface area contributed by atoms with Gasteiger partial charge in [0.25, 0.3) is 15.9 Å². The van der Waals surface area contributed by atoms with Crippen LogP contribution in [0.2, 0.25) is 0 Å². The zero-order chi connectivity index (χ0) is 21.9. The van der Waals surface area contributed by atoms with Gasteiger partial charge in [0.15, 0.2) is 0 Å². The van der Waals surface area contributed by atoms with Crippen LogP contribution >= 0.6 is 0 Å². The van der Waals surface area contributed by atoms with E-state index in [0.29, 0.717) is 0 Å². The van der Waals surface area contributed by atoms with E-state index in [4.69, 9.17) is 0 Å². The lowest BCUT2D eigenvalue weighted by Gasteiger charge is -2.11.